The molecule has 4 rings (SSSR count). The fourth-order valence-electron chi connectivity index (χ4n) is 4.48. The van der Waals surface area contributed by atoms with Crippen LogP contribution in [0.25, 0.3) is 0 Å². The third kappa shape index (κ3) is 7.38. The van der Waals surface area contributed by atoms with Crippen molar-refractivity contribution in [2.24, 2.45) is 5.92 Å². The minimum Gasteiger partial charge on any atom is -0.486 e. The molecular formula is C31H37N3O6S. The van der Waals surface area contributed by atoms with E-state index in [-0.39, 0.29) is 29.0 Å². The number of nitrogens with zero attached hydrogens (tertiary/aromatic N) is 2. The molecule has 0 radical (unpaired) electrons. The van der Waals surface area contributed by atoms with Crippen LogP contribution in [0, 0.1) is 12.8 Å². The third-order valence-corrected chi connectivity index (χ3v) is 8.50. The minimum absolute atomic E-state index is 0.0376. The third-order valence-electron chi connectivity index (χ3n) is 6.71. The predicted molar refractivity (Wildman–Crippen MR) is 157 cm³/mol. The molecule has 41 heavy (non-hydrogen) atoms. The molecule has 9 nitrogen and oxygen atoms in total. The Morgan fingerprint density at radius 3 is 2.29 bits per heavy atom. The van der Waals surface area contributed by atoms with Crippen molar-refractivity contribution in [3.05, 3.63) is 83.9 Å². The van der Waals surface area contributed by atoms with E-state index in [1.54, 1.807) is 43.3 Å². The van der Waals surface area contributed by atoms with Gasteiger partial charge in [-0.25, -0.2) is 8.42 Å². The van der Waals surface area contributed by atoms with Crippen LogP contribution in [0.3, 0.4) is 0 Å². The van der Waals surface area contributed by atoms with E-state index in [1.165, 1.54) is 17.0 Å². The molecule has 0 aromatic heterocycles. The second kappa shape index (κ2) is 13.1. The smallest absolute Gasteiger partial charge is 0.264 e. The Kier molecular flexibility index (Phi) is 9.54. The van der Waals surface area contributed by atoms with Crippen LogP contribution in [0.1, 0.15) is 31.9 Å². The average Bonchev–Trinajstić information content (AvgIpc) is 2.97. The summed E-state index contributed by atoms with van der Waals surface area (Å²) in [5.74, 6) is 0.297. The number of carbonyl (C=O) groups excluding carboxylic acids is 2. The topological polar surface area (TPSA) is 105 Å². The lowest BCUT2D eigenvalue weighted by molar-refractivity contribution is -0.139. The van der Waals surface area contributed by atoms with Gasteiger partial charge in [0.2, 0.25) is 11.8 Å². The molecule has 2 amide bonds. The summed E-state index contributed by atoms with van der Waals surface area (Å²) in [5.41, 5.74) is 2.09. The van der Waals surface area contributed by atoms with Gasteiger partial charge in [0.1, 0.15) is 25.8 Å². The molecule has 10 heteroatoms. The van der Waals surface area contributed by atoms with Crippen molar-refractivity contribution in [2.45, 2.75) is 45.2 Å². The van der Waals surface area contributed by atoms with Crippen molar-refractivity contribution >= 4 is 27.5 Å². The molecule has 0 saturated carbocycles. The van der Waals surface area contributed by atoms with E-state index in [2.05, 4.69) is 5.32 Å². The van der Waals surface area contributed by atoms with Crippen LogP contribution in [0.5, 0.6) is 11.5 Å². The molecule has 3 aromatic carbocycles. The molecule has 3 aromatic rings. The monoisotopic (exact) mass is 579 g/mol. The predicted octanol–water partition coefficient (Wildman–Crippen LogP) is 4.15. The molecule has 0 unspecified atom stereocenters. The van der Waals surface area contributed by atoms with Crippen molar-refractivity contribution in [3.8, 4) is 11.5 Å². The highest BCUT2D eigenvalue weighted by molar-refractivity contribution is 7.92. The van der Waals surface area contributed by atoms with Gasteiger partial charge < -0.3 is 19.7 Å². The first-order valence-electron chi connectivity index (χ1n) is 13.7. The standard InChI is InChI=1S/C31H37N3O6S/c1-22(2)19-32-31(36)24(4)33(20-25-10-8-9-23(3)17-25)30(35)21-34(41(37,38)27-11-6-5-7-12-27)26-13-14-28-29(18-26)40-16-15-39-28/h5-14,17-18,22,24H,15-16,19-21H2,1-4H3,(H,32,36)/t24-/m0/s1. The first kappa shape index (κ1) is 29.9. The summed E-state index contributed by atoms with van der Waals surface area (Å²) < 4.78 is 40.3. The van der Waals surface area contributed by atoms with E-state index >= 15 is 0 Å². The fraction of sp³-hybridized carbons (Fsp3) is 0.355. The lowest BCUT2D eigenvalue weighted by Gasteiger charge is -2.32. The maximum atomic E-state index is 14.1. The first-order valence-corrected chi connectivity index (χ1v) is 15.1. The quantitative estimate of drug-likeness (QED) is 0.366. The number of fused-ring (bicyclic) bond motifs is 1. The van der Waals surface area contributed by atoms with E-state index in [9.17, 15) is 18.0 Å². The summed E-state index contributed by atoms with van der Waals surface area (Å²) in [6.45, 7) is 8.37. The lowest BCUT2D eigenvalue weighted by Crippen LogP contribution is -2.51. The van der Waals surface area contributed by atoms with Crippen molar-refractivity contribution < 1.29 is 27.5 Å². The van der Waals surface area contributed by atoms with Crippen LogP contribution in [0.2, 0.25) is 0 Å². The van der Waals surface area contributed by atoms with Crippen LogP contribution in [-0.2, 0) is 26.2 Å². The highest BCUT2D eigenvalue weighted by Crippen LogP contribution is 2.36. The highest BCUT2D eigenvalue weighted by atomic mass is 32.2. The van der Waals surface area contributed by atoms with Crippen molar-refractivity contribution in [1.29, 1.82) is 0 Å². The van der Waals surface area contributed by atoms with Gasteiger partial charge in [-0.15, -0.1) is 0 Å². The first-order chi connectivity index (χ1) is 19.6. The van der Waals surface area contributed by atoms with Crippen LogP contribution in [0.15, 0.2) is 77.7 Å². The summed E-state index contributed by atoms with van der Waals surface area (Å²) in [6.07, 6.45) is 0. The van der Waals surface area contributed by atoms with Gasteiger partial charge in [0, 0.05) is 19.2 Å². The number of sulfonamides is 1. The molecule has 1 heterocycles. The molecule has 1 aliphatic rings. The fourth-order valence-corrected chi connectivity index (χ4v) is 5.90. The Morgan fingerprint density at radius 1 is 0.902 bits per heavy atom. The molecule has 218 valence electrons. The zero-order valence-electron chi connectivity index (χ0n) is 23.9. The van der Waals surface area contributed by atoms with E-state index in [4.69, 9.17) is 9.47 Å². The van der Waals surface area contributed by atoms with Gasteiger partial charge in [0.25, 0.3) is 10.0 Å². The largest absolute Gasteiger partial charge is 0.486 e. The van der Waals surface area contributed by atoms with E-state index < -0.39 is 28.5 Å². The van der Waals surface area contributed by atoms with E-state index in [1.807, 2.05) is 45.0 Å². The van der Waals surface area contributed by atoms with Crippen LogP contribution < -0.4 is 19.1 Å². The summed E-state index contributed by atoms with van der Waals surface area (Å²) in [4.78, 5) is 28.6. The average molecular weight is 580 g/mol. The van der Waals surface area contributed by atoms with Crippen LogP contribution in [0.4, 0.5) is 5.69 Å². The number of ether oxygens (including phenoxy) is 2. The van der Waals surface area contributed by atoms with Gasteiger partial charge in [-0.1, -0.05) is 61.9 Å². The van der Waals surface area contributed by atoms with Gasteiger partial charge >= 0.3 is 0 Å². The molecule has 1 aliphatic heterocycles. The molecule has 1 N–H and O–H groups in total. The van der Waals surface area contributed by atoms with Gasteiger partial charge in [0.05, 0.1) is 10.6 Å². The molecule has 0 spiro atoms. The second-order valence-electron chi connectivity index (χ2n) is 10.5. The number of anilines is 1. The van der Waals surface area contributed by atoms with Crippen LogP contribution >= 0.6 is 0 Å². The molecule has 0 bridgehead atoms. The number of nitrogens with one attached hydrogen (secondary N) is 1. The Balaban J connectivity index is 1.72. The number of hydrogen-bond donors (Lipinski definition) is 1. The van der Waals surface area contributed by atoms with Crippen molar-refractivity contribution in [1.82, 2.24) is 10.2 Å². The molecule has 0 fully saturated rings. The highest BCUT2D eigenvalue weighted by Gasteiger charge is 2.33. The summed E-state index contributed by atoms with van der Waals surface area (Å²) in [5, 5.41) is 2.89. The van der Waals surface area contributed by atoms with E-state index in [0.29, 0.717) is 31.3 Å². The maximum Gasteiger partial charge on any atom is 0.264 e. The number of amides is 2. The zero-order chi connectivity index (χ0) is 29.6. The SMILES string of the molecule is Cc1cccc(CN(C(=O)CN(c2ccc3c(c2)OCCO3)S(=O)(=O)c2ccccc2)[C@@H](C)C(=O)NCC(C)C)c1. The normalized spacial score (nSPS) is 13.4. The van der Waals surface area contributed by atoms with Gasteiger partial charge in [-0.05, 0) is 49.6 Å². The minimum atomic E-state index is -4.17. The van der Waals surface area contributed by atoms with Gasteiger partial charge in [0.15, 0.2) is 11.5 Å². The number of rotatable bonds is 11. The van der Waals surface area contributed by atoms with Crippen molar-refractivity contribution in [2.75, 3.05) is 30.6 Å². The molecule has 1 atom stereocenters. The molecule has 0 saturated heterocycles. The maximum absolute atomic E-state index is 14.1. The molecule has 0 aliphatic carbocycles. The number of aryl methyl sites for hydroxylation is 1. The van der Waals surface area contributed by atoms with Crippen molar-refractivity contribution in [3.63, 3.8) is 0 Å². The number of hydrogen-bond acceptors (Lipinski definition) is 6. The summed E-state index contributed by atoms with van der Waals surface area (Å²) >= 11 is 0. The Hall–Kier alpha value is -4.05. The van der Waals surface area contributed by atoms with Gasteiger partial charge in [-0.2, -0.15) is 0 Å². The molecular weight excluding hydrogens is 542 g/mol. The summed E-state index contributed by atoms with van der Waals surface area (Å²) in [7, 11) is -4.17. The summed E-state index contributed by atoms with van der Waals surface area (Å²) in [6, 6.07) is 19.5. The Morgan fingerprint density at radius 2 is 1.61 bits per heavy atom. The van der Waals surface area contributed by atoms with Crippen LogP contribution in [-0.4, -0.2) is 57.5 Å². The Bertz CT molecular complexity index is 1480. The number of carbonyl (C=O) groups is 2. The van der Waals surface area contributed by atoms with Gasteiger partial charge in [-0.3, -0.25) is 13.9 Å². The Labute approximate surface area is 242 Å². The zero-order valence-corrected chi connectivity index (χ0v) is 24.7. The lowest BCUT2D eigenvalue weighted by atomic mass is 10.1. The number of benzene rings is 3. The second-order valence-corrected chi connectivity index (χ2v) is 12.3. The van der Waals surface area contributed by atoms with E-state index in [0.717, 1.165) is 15.4 Å².